The molecule has 0 aliphatic rings. The number of nitro groups is 1. The number of nitrogens with zero attached hydrogens (tertiary/aromatic N) is 2. The van der Waals surface area contributed by atoms with E-state index in [1.165, 1.54) is 6.07 Å². The van der Waals surface area contributed by atoms with Gasteiger partial charge in [-0.15, -0.1) is 11.3 Å². The molecule has 0 atom stereocenters. The Morgan fingerprint density at radius 2 is 2.32 bits per heavy atom. The van der Waals surface area contributed by atoms with E-state index in [2.05, 4.69) is 10.3 Å². The molecule has 0 aliphatic carbocycles. The average Bonchev–Trinajstić information content (AvgIpc) is 2.77. The van der Waals surface area contributed by atoms with Crippen LogP contribution in [0.1, 0.15) is 10.7 Å². The van der Waals surface area contributed by atoms with E-state index in [-0.39, 0.29) is 5.69 Å². The second kappa shape index (κ2) is 5.99. The molecule has 0 radical (unpaired) electrons. The fraction of sp³-hybridized carbons (Fsp3) is 0.250. The molecular formula is C12H12ClN3O2S. The fourth-order valence-electron chi connectivity index (χ4n) is 1.68. The Labute approximate surface area is 119 Å². The predicted octanol–water partition coefficient (Wildman–Crippen LogP) is 3.67. The summed E-state index contributed by atoms with van der Waals surface area (Å²) >= 11 is 7.57. The van der Waals surface area contributed by atoms with Crippen molar-refractivity contribution in [2.75, 3.05) is 11.9 Å². The molecule has 0 unspecified atom stereocenters. The molecule has 7 heteroatoms. The van der Waals surface area contributed by atoms with Crippen molar-refractivity contribution in [3.8, 4) is 0 Å². The molecule has 5 nitrogen and oxygen atoms in total. The van der Waals surface area contributed by atoms with Gasteiger partial charge in [0.15, 0.2) is 0 Å². The maximum Gasteiger partial charge on any atom is 0.293 e. The zero-order valence-corrected chi connectivity index (χ0v) is 11.8. The van der Waals surface area contributed by atoms with E-state index in [9.17, 15) is 10.1 Å². The number of nitrogens with one attached hydrogen (secondary N) is 1. The van der Waals surface area contributed by atoms with Crippen molar-refractivity contribution >= 4 is 34.3 Å². The maximum absolute atomic E-state index is 10.9. The first-order valence-corrected chi connectivity index (χ1v) is 6.91. The molecule has 0 aliphatic heterocycles. The van der Waals surface area contributed by atoms with Gasteiger partial charge in [0.1, 0.15) is 5.69 Å². The van der Waals surface area contributed by atoms with E-state index < -0.39 is 4.92 Å². The van der Waals surface area contributed by atoms with Crippen molar-refractivity contribution in [1.82, 2.24) is 4.98 Å². The molecule has 0 saturated heterocycles. The van der Waals surface area contributed by atoms with Gasteiger partial charge in [0.05, 0.1) is 20.6 Å². The molecule has 0 fully saturated rings. The van der Waals surface area contributed by atoms with Crippen LogP contribution < -0.4 is 5.32 Å². The third kappa shape index (κ3) is 3.42. The summed E-state index contributed by atoms with van der Waals surface area (Å²) in [6.07, 6.45) is 0.701. The lowest BCUT2D eigenvalue weighted by Gasteiger charge is -2.07. The second-order valence-corrected chi connectivity index (χ2v) is 5.40. The normalized spacial score (nSPS) is 10.4. The Morgan fingerprint density at radius 1 is 1.53 bits per heavy atom. The summed E-state index contributed by atoms with van der Waals surface area (Å²) in [5.41, 5.74) is 1.33. The van der Waals surface area contributed by atoms with Crippen LogP contribution >= 0.6 is 22.9 Å². The van der Waals surface area contributed by atoms with Crippen LogP contribution in [0.15, 0.2) is 23.6 Å². The molecule has 100 valence electrons. The van der Waals surface area contributed by atoms with E-state index in [4.69, 9.17) is 11.6 Å². The lowest BCUT2D eigenvalue weighted by atomic mass is 10.2. The zero-order chi connectivity index (χ0) is 13.8. The van der Waals surface area contributed by atoms with Gasteiger partial charge in [-0.2, -0.15) is 0 Å². The standard InChI is InChI=1S/C12H12ClN3O2S/c1-8-15-9(7-19-8)5-6-14-12-10(13)3-2-4-11(12)16(17)18/h2-4,7,14H,5-6H2,1H3. The van der Waals surface area contributed by atoms with E-state index in [1.54, 1.807) is 23.5 Å². The van der Waals surface area contributed by atoms with Gasteiger partial charge >= 0.3 is 0 Å². The fourth-order valence-corrected chi connectivity index (χ4v) is 2.56. The molecule has 0 bridgehead atoms. The van der Waals surface area contributed by atoms with E-state index in [0.29, 0.717) is 23.7 Å². The predicted molar refractivity (Wildman–Crippen MR) is 77.2 cm³/mol. The molecule has 0 saturated carbocycles. The summed E-state index contributed by atoms with van der Waals surface area (Å²) in [5, 5.41) is 17.3. The first-order chi connectivity index (χ1) is 9.08. The van der Waals surface area contributed by atoms with Crippen molar-refractivity contribution in [2.24, 2.45) is 0 Å². The van der Waals surface area contributed by atoms with Gasteiger partial charge in [-0.3, -0.25) is 10.1 Å². The lowest BCUT2D eigenvalue weighted by Crippen LogP contribution is -2.07. The van der Waals surface area contributed by atoms with Crippen molar-refractivity contribution in [3.05, 3.63) is 49.4 Å². The minimum Gasteiger partial charge on any atom is -0.378 e. The molecule has 0 spiro atoms. The van der Waals surface area contributed by atoms with Crippen LogP contribution in [0.3, 0.4) is 0 Å². The number of rotatable bonds is 5. The van der Waals surface area contributed by atoms with Gasteiger partial charge in [0.25, 0.3) is 5.69 Å². The van der Waals surface area contributed by atoms with Crippen molar-refractivity contribution in [3.63, 3.8) is 0 Å². The van der Waals surface area contributed by atoms with Gasteiger partial charge in [0.2, 0.25) is 0 Å². The monoisotopic (exact) mass is 297 g/mol. The summed E-state index contributed by atoms with van der Waals surface area (Å²) in [7, 11) is 0. The van der Waals surface area contributed by atoms with Crippen LogP contribution in [0.25, 0.3) is 0 Å². The summed E-state index contributed by atoms with van der Waals surface area (Å²) in [6, 6.07) is 4.63. The van der Waals surface area contributed by atoms with Crippen LogP contribution in [0.2, 0.25) is 5.02 Å². The number of hydrogen-bond acceptors (Lipinski definition) is 5. The third-order valence-corrected chi connectivity index (χ3v) is 3.68. The largest absolute Gasteiger partial charge is 0.378 e. The number of para-hydroxylation sites is 1. The molecular weight excluding hydrogens is 286 g/mol. The van der Waals surface area contributed by atoms with Crippen molar-refractivity contribution in [2.45, 2.75) is 13.3 Å². The summed E-state index contributed by atoms with van der Waals surface area (Å²) in [4.78, 5) is 14.8. The van der Waals surface area contributed by atoms with Crippen LogP contribution in [-0.4, -0.2) is 16.5 Å². The number of aryl methyl sites for hydroxylation is 1. The number of anilines is 1. The maximum atomic E-state index is 10.9. The Bertz CT molecular complexity index is 600. The molecule has 1 N–H and O–H groups in total. The van der Waals surface area contributed by atoms with Gasteiger partial charge < -0.3 is 5.32 Å². The number of aromatic nitrogens is 1. The smallest absolute Gasteiger partial charge is 0.293 e. The molecule has 1 aromatic heterocycles. The molecule has 2 aromatic rings. The number of nitro benzene ring substituents is 1. The summed E-state index contributed by atoms with van der Waals surface area (Å²) in [5.74, 6) is 0. The number of halogens is 1. The minimum absolute atomic E-state index is 0.0121. The van der Waals surface area contributed by atoms with Crippen LogP contribution in [-0.2, 0) is 6.42 Å². The van der Waals surface area contributed by atoms with Gasteiger partial charge in [0, 0.05) is 24.4 Å². The minimum atomic E-state index is -0.443. The zero-order valence-electron chi connectivity index (χ0n) is 10.2. The van der Waals surface area contributed by atoms with Crippen molar-refractivity contribution in [1.29, 1.82) is 0 Å². The quantitative estimate of drug-likeness (QED) is 0.675. The topological polar surface area (TPSA) is 68.1 Å². The third-order valence-electron chi connectivity index (χ3n) is 2.54. The van der Waals surface area contributed by atoms with Gasteiger partial charge in [-0.25, -0.2) is 4.98 Å². The molecule has 0 amide bonds. The molecule has 1 aromatic carbocycles. The van der Waals surface area contributed by atoms with Crippen LogP contribution in [0.5, 0.6) is 0 Å². The number of hydrogen-bond donors (Lipinski definition) is 1. The summed E-state index contributed by atoms with van der Waals surface area (Å²) < 4.78 is 0. The highest BCUT2D eigenvalue weighted by molar-refractivity contribution is 7.09. The van der Waals surface area contributed by atoms with Crippen LogP contribution in [0.4, 0.5) is 11.4 Å². The highest BCUT2D eigenvalue weighted by Crippen LogP contribution is 2.31. The van der Waals surface area contributed by atoms with Crippen molar-refractivity contribution < 1.29 is 4.92 Å². The van der Waals surface area contributed by atoms with Gasteiger partial charge in [-0.1, -0.05) is 17.7 Å². The van der Waals surface area contributed by atoms with Crippen LogP contribution in [0, 0.1) is 17.0 Å². The van der Waals surface area contributed by atoms with E-state index >= 15 is 0 Å². The Kier molecular flexibility index (Phi) is 4.34. The van der Waals surface area contributed by atoms with Gasteiger partial charge in [-0.05, 0) is 13.0 Å². The Balaban J connectivity index is 2.05. The van der Waals surface area contributed by atoms with E-state index in [0.717, 1.165) is 10.7 Å². The first-order valence-electron chi connectivity index (χ1n) is 5.65. The first kappa shape index (κ1) is 13.8. The number of benzene rings is 1. The lowest BCUT2D eigenvalue weighted by molar-refractivity contribution is -0.383. The Morgan fingerprint density at radius 3 is 2.95 bits per heavy atom. The summed E-state index contributed by atoms with van der Waals surface area (Å²) in [6.45, 7) is 2.49. The van der Waals surface area contributed by atoms with E-state index in [1.807, 2.05) is 12.3 Å². The molecule has 19 heavy (non-hydrogen) atoms. The second-order valence-electron chi connectivity index (χ2n) is 3.93. The Hall–Kier alpha value is -1.66. The SMILES string of the molecule is Cc1nc(CCNc2c(Cl)cccc2[N+](=O)[O-])cs1. The highest BCUT2D eigenvalue weighted by Gasteiger charge is 2.15. The molecule has 1 heterocycles. The molecule has 2 rings (SSSR count). The highest BCUT2D eigenvalue weighted by atomic mass is 35.5. The average molecular weight is 298 g/mol. The number of thiazole rings is 1.